The average Bonchev–Trinajstić information content (AvgIpc) is 2.93. The van der Waals surface area contributed by atoms with Gasteiger partial charge in [-0.25, -0.2) is 4.79 Å². The molecule has 0 bridgehead atoms. The summed E-state index contributed by atoms with van der Waals surface area (Å²) >= 11 is 0. The highest BCUT2D eigenvalue weighted by Crippen LogP contribution is 2.34. The van der Waals surface area contributed by atoms with Crippen LogP contribution in [0.1, 0.15) is 42.5 Å². The summed E-state index contributed by atoms with van der Waals surface area (Å²) in [5, 5.41) is 4.67. The average molecular weight is 355 g/mol. The van der Waals surface area contributed by atoms with Crippen LogP contribution in [0.5, 0.6) is 0 Å². The van der Waals surface area contributed by atoms with Crippen LogP contribution in [-0.2, 0) is 11.2 Å². The number of carbonyl (C=O) groups is 1. The lowest BCUT2D eigenvalue weighted by Crippen LogP contribution is -2.29. The SMILES string of the molecule is Cc1coc2c1c(C)cc1oc(=O)c(CC(=O)NCCC(C)C)c(C)c12. The Morgan fingerprint density at radius 3 is 2.58 bits per heavy atom. The van der Waals surface area contributed by atoms with Crippen LogP contribution < -0.4 is 10.9 Å². The lowest BCUT2D eigenvalue weighted by molar-refractivity contribution is -0.120. The van der Waals surface area contributed by atoms with Crippen LogP contribution in [0.2, 0.25) is 0 Å². The van der Waals surface area contributed by atoms with E-state index in [2.05, 4.69) is 19.2 Å². The lowest BCUT2D eigenvalue weighted by atomic mass is 9.98. The molecule has 2 aromatic heterocycles. The van der Waals surface area contributed by atoms with Crippen molar-refractivity contribution in [2.24, 2.45) is 5.92 Å². The highest BCUT2D eigenvalue weighted by molar-refractivity contribution is 6.07. The van der Waals surface area contributed by atoms with Gasteiger partial charge in [0.1, 0.15) is 11.2 Å². The van der Waals surface area contributed by atoms with Crippen molar-refractivity contribution in [3.8, 4) is 0 Å². The first-order valence-corrected chi connectivity index (χ1v) is 9.00. The van der Waals surface area contributed by atoms with E-state index in [4.69, 9.17) is 8.83 Å². The van der Waals surface area contributed by atoms with Gasteiger partial charge < -0.3 is 14.2 Å². The fourth-order valence-corrected chi connectivity index (χ4v) is 3.40. The summed E-state index contributed by atoms with van der Waals surface area (Å²) in [6.45, 7) is 10.6. The van der Waals surface area contributed by atoms with Crippen molar-refractivity contribution in [1.82, 2.24) is 5.32 Å². The maximum absolute atomic E-state index is 12.4. The second kappa shape index (κ2) is 6.98. The minimum atomic E-state index is -0.462. The predicted molar refractivity (Wildman–Crippen MR) is 103 cm³/mol. The molecule has 3 aromatic rings. The molecule has 1 amide bonds. The monoisotopic (exact) mass is 355 g/mol. The summed E-state index contributed by atoms with van der Waals surface area (Å²) in [5.41, 5.74) is 3.92. The summed E-state index contributed by atoms with van der Waals surface area (Å²) in [6.07, 6.45) is 2.62. The Labute approximate surface area is 152 Å². The topological polar surface area (TPSA) is 72.5 Å². The zero-order valence-corrected chi connectivity index (χ0v) is 16.0. The molecule has 5 nitrogen and oxygen atoms in total. The summed E-state index contributed by atoms with van der Waals surface area (Å²) in [4.78, 5) is 24.7. The second-order valence-electron chi connectivity index (χ2n) is 7.39. The van der Waals surface area contributed by atoms with E-state index >= 15 is 0 Å². The molecule has 5 heteroatoms. The molecule has 1 N–H and O–H groups in total. The van der Waals surface area contributed by atoms with Crippen molar-refractivity contribution in [3.05, 3.63) is 45.0 Å². The Bertz CT molecular complexity index is 1040. The predicted octanol–water partition coefficient (Wildman–Crippen LogP) is 4.17. The van der Waals surface area contributed by atoms with Gasteiger partial charge in [0.15, 0.2) is 0 Å². The molecule has 0 saturated carbocycles. The van der Waals surface area contributed by atoms with Crippen molar-refractivity contribution >= 4 is 27.8 Å². The van der Waals surface area contributed by atoms with E-state index in [1.54, 1.807) is 6.26 Å². The first-order chi connectivity index (χ1) is 12.3. The number of rotatable bonds is 5. The molecule has 2 heterocycles. The molecule has 0 aliphatic carbocycles. The molecule has 0 saturated heterocycles. The first-order valence-electron chi connectivity index (χ1n) is 9.00. The molecule has 138 valence electrons. The van der Waals surface area contributed by atoms with Gasteiger partial charge in [0.05, 0.1) is 23.6 Å². The maximum Gasteiger partial charge on any atom is 0.340 e. The number of hydrogen-bond donors (Lipinski definition) is 1. The van der Waals surface area contributed by atoms with E-state index in [9.17, 15) is 9.59 Å². The van der Waals surface area contributed by atoms with E-state index < -0.39 is 5.63 Å². The van der Waals surface area contributed by atoms with Crippen molar-refractivity contribution in [2.45, 2.75) is 47.5 Å². The third kappa shape index (κ3) is 3.26. The fraction of sp³-hybridized carbons (Fsp3) is 0.429. The molecule has 0 radical (unpaired) electrons. The second-order valence-corrected chi connectivity index (χ2v) is 7.39. The van der Waals surface area contributed by atoms with Crippen LogP contribution in [0.25, 0.3) is 21.9 Å². The van der Waals surface area contributed by atoms with E-state index in [0.717, 1.165) is 33.9 Å². The first kappa shape index (κ1) is 18.2. The minimum absolute atomic E-state index is 0.0112. The number of amides is 1. The normalized spacial score (nSPS) is 11.6. The lowest BCUT2D eigenvalue weighted by Gasteiger charge is -2.10. The number of aryl methyl sites for hydroxylation is 3. The minimum Gasteiger partial charge on any atom is -0.463 e. The van der Waals surface area contributed by atoms with Gasteiger partial charge in [-0.1, -0.05) is 13.8 Å². The largest absolute Gasteiger partial charge is 0.463 e. The van der Waals surface area contributed by atoms with Gasteiger partial charge in [0, 0.05) is 11.9 Å². The van der Waals surface area contributed by atoms with Gasteiger partial charge in [-0.3, -0.25) is 4.79 Å². The number of hydrogen-bond acceptors (Lipinski definition) is 4. The third-order valence-corrected chi connectivity index (χ3v) is 4.85. The van der Waals surface area contributed by atoms with E-state index in [1.807, 2.05) is 26.8 Å². The van der Waals surface area contributed by atoms with Crippen LogP contribution in [-0.4, -0.2) is 12.5 Å². The quantitative estimate of drug-likeness (QED) is 0.697. The standard InChI is InChI=1S/C21H25NO4/c1-11(2)6-7-22-17(23)9-15-14(5)19-16(26-21(15)24)8-12(3)18-13(4)10-25-20(18)19/h8,10-11H,6-7,9H2,1-5H3,(H,22,23). The highest BCUT2D eigenvalue weighted by atomic mass is 16.4. The van der Waals surface area contributed by atoms with Gasteiger partial charge in [-0.2, -0.15) is 0 Å². The molecule has 3 rings (SSSR count). The number of fused-ring (bicyclic) bond motifs is 3. The Hall–Kier alpha value is -2.56. The van der Waals surface area contributed by atoms with Crippen molar-refractivity contribution in [3.63, 3.8) is 0 Å². The van der Waals surface area contributed by atoms with Crippen molar-refractivity contribution in [1.29, 1.82) is 0 Å². The van der Waals surface area contributed by atoms with Gasteiger partial charge in [0.2, 0.25) is 5.91 Å². The summed E-state index contributed by atoms with van der Waals surface area (Å²) < 4.78 is 11.3. The Morgan fingerprint density at radius 1 is 1.15 bits per heavy atom. The van der Waals surface area contributed by atoms with Crippen molar-refractivity contribution < 1.29 is 13.6 Å². The van der Waals surface area contributed by atoms with E-state index in [-0.39, 0.29) is 12.3 Å². The van der Waals surface area contributed by atoms with Gasteiger partial charge >= 0.3 is 5.63 Å². The van der Waals surface area contributed by atoms with Crippen molar-refractivity contribution in [2.75, 3.05) is 6.54 Å². The molecule has 0 atom stereocenters. The zero-order chi connectivity index (χ0) is 19.0. The smallest absolute Gasteiger partial charge is 0.340 e. The highest BCUT2D eigenvalue weighted by Gasteiger charge is 2.19. The number of benzene rings is 1. The Balaban J connectivity index is 2.04. The molecule has 0 fully saturated rings. The van der Waals surface area contributed by atoms with Crippen LogP contribution >= 0.6 is 0 Å². The molecule has 0 unspecified atom stereocenters. The number of furan rings is 1. The van der Waals surface area contributed by atoms with Crippen LogP contribution in [0, 0.1) is 26.7 Å². The van der Waals surface area contributed by atoms with E-state index in [1.165, 1.54) is 0 Å². The van der Waals surface area contributed by atoms with Gasteiger partial charge in [0.25, 0.3) is 0 Å². The van der Waals surface area contributed by atoms with Gasteiger partial charge in [-0.05, 0) is 55.9 Å². The third-order valence-electron chi connectivity index (χ3n) is 4.85. The van der Waals surface area contributed by atoms with Gasteiger partial charge in [-0.15, -0.1) is 0 Å². The van der Waals surface area contributed by atoms with Crippen LogP contribution in [0.3, 0.4) is 0 Å². The summed E-state index contributed by atoms with van der Waals surface area (Å²) in [5.74, 6) is 0.348. The molecule has 0 spiro atoms. The van der Waals surface area contributed by atoms with Crippen LogP contribution in [0.4, 0.5) is 0 Å². The number of carbonyl (C=O) groups excluding carboxylic acids is 1. The molecule has 26 heavy (non-hydrogen) atoms. The molecule has 0 aliphatic rings. The molecule has 1 aromatic carbocycles. The molecular formula is C21H25NO4. The number of nitrogens with one attached hydrogen (secondary N) is 1. The Morgan fingerprint density at radius 2 is 1.88 bits per heavy atom. The summed E-state index contributed by atoms with van der Waals surface area (Å²) in [6, 6.07) is 1.86. The molecule has 0 aliphatic heterocycles. The molecular weight excluding hydrogens is 330 g/mol. The van der Waals surface area contributed by atoms with Crippen LogP contribution in [0.15, 0.2) is 26.0 Å². The van der Waals surface area contributed by atoms with E-state index in [0.29, 0.717) is 29.2 Å². The fourth-order valence-electron chi connectivity index (χ4n) is 3.40. The zero-order valence-electron chi connectivity index (χ0n) is 16.0. The Kier molecular flexibility index (Phi) is 4.90. The summed E-state index contributed by atoms with van der Waals surface area (Å²) in [7, 11) is 0. The maximum atomic E-state index is 12.4.